The van der Waals surface area contributed by atoms with E-state index in [1.54, 1.807) is 6.08 Å². The highest BCUT2D eigenvalue weighted by molar-refractivity contribution is 7.95. The van der Waals surface area contributed by atoms with Gasteiger partial charge in [-0.25, -0.2) is 8.42 Å². The molecule has 0 spiro atoms. The number of allylic oxidation sites excluding steroid dienone is 4. The summed E-state index contributed by atoms with van der Waals surface area (Å²) in [5.41, 5.74) is 0.921. The van der Waals surface area contributed by atoms with Gasteiger partial charge in [0, 0.05) is 5.41 Å². The van der Waals surface area contributed by atoms with Gasteiger partial charge in [0.25, 0.3) is 0 Å². The van der Waals surface area contributed by atoms with Crippen LogP contribution in [0.25, 0.3) is 0 Å². The van der Waals surface area contributed by atoms with Crippen molar-refractivity contribution < 1.29 is 8.42 Å². The van der Waals surface area contributed by atoms with Crippen molar-refractivity contribution in [2.24, 2.45) is 5.92 Å². The second kappa shape index (κ2) is 2.33. The Balaban J connectivity index is 2.54. The van der Waals surface area contributed by atoms with Crippen LogP contribution < -0.4 is 0 Å². The van der Waals surface area contributed by atoms with Crippen LogP contribution >= 0.6 is 0 Å². The first kappa shape index (κ1) is 7.80. The van der Waals surface area contributed by atoms with Gasteiger partial charge in [-0.3, -0.25) is 0 Å². The summed E-state index contributed by atoms with van der Waals surface area (Å²) in [5, 5.41) is 0.995. The molecule has 0 N–H and O–H groups in total. The average Bonchev–Trinajstić information content (AvgIpc) is 2.29. The lowest BCUT2D eigenvalue weighted by Crippen LogP contribution is -2.24. The minimum absolute atomic E-state index is 0.102. The summed E-state index contributed by atoms with van der Waals surface area (Å²) in [5.74, 6) is 0.102. The normalized spacial score (nSPS) is 36.2. The molecule has 12 heavy (non-hydrogen) atoms. The largest absolute Gasteiger partial charge is 0.224 e. The monoisotopic (exact) mass is 182 g/mol. The summed E-state index contributed by atoms with van der Waals surface area (Å²) in [6, 6.07) is 0. The lowest BCUT2D eigenvalue weighted by Gasteiger charge is -2.19. The van der Waals surface area contributed by atoms with Gasteiger partial charge in [-0.15, -0.1) is 0 Å². The van der Waals surface area contributed by atoms with Gasteiger partial charge in [0.05, 0.1) is 5.25 Å². The van der Waals surface area contributed by atoms with E-state index in [1.807, 2.05) is 25.2 Å². The fourth-order valence-electron chi connectivity index (χ4n) is 1.74. The van der Waals surface area contributed by atoms with Crippen LogP contribution in [0.5, 0.6) is 0 Å². The van der Waals surface area contributed by atoms with Crippen molar-refractivity contribution in [3.05, 3.63) is 35.3 Å². The molecule has 1 aliphatic carbocycles. The quantitative estimate of drug-likeness (QED) is 0.568. The predicted octanol–water partition coefficient (Wildman–Crippen LogP) is 1.43. The molecule has 3 heteroatoms. The fourth-order valence-corrected chi connectivity index (χ4v) is 3.48. The van der Waals surface area contributed by atoms with E-state index in [0.717, 1.165) is 5.57 Å². The minimum Gasteiger partial charge on any atom is -0.224 e. The molecule has 0 radical (unpaired) electrons. The van der Waals surface area contributed by atoms with Crippen molar-refractivity contribution in [3.63, 3.8) is 0 Å². The first-order valence-corrected chi connectivity index (χ1v) is 5.52. The molecule has 0 aromatic rings. The number of hydrogen-bond donors (Lipinski definition) is 0. The van der Waals surface area contributed by atoms with Crippen LogP contribution in [0.15, 0.2) is 35.3 Å². The molecule has 0 bridgehead atoms. The standard InChI is InChI=1S/C9H10O2S/c1-7-3-2-4-8-5-6-12(10,11)9(7)8/h2-7,9H,1H3. The third kappa shape index (κ3) is 0.966. The van der Waals surface area contributed by atoms with Crippen LogP contribution in [-0.4, -0.2) is 13.7 Å². The van der Waals surface area contributed by atoms with E-state index in [4.69, 9.17) is 0 Å². The Labute approximate surface area is 72.2 Å². The van der Waals surface area contributed by atoms with Gasteiger partial charge in [-0.1, -0.05) is 25.2 Å². The lowest BCUT2D eigenvalue weighted by molar-refractivity contribution is 0.581. The topological polar surface area (TPSA) is 34.1 Å². The van der Waals surface area contributed by atoms with E-state index in [1.165, 1.54) is 5.41 Å². The SMILES string of the molecule is CC1C=CC=C2C=CS(=O)(=O)C21. The van der Waals surface area contributed by atoms with Crippen molar-refractivity contribution in [1.82, 2.24) is 0 Å². The van der Waals surface area contributed by atoms with Crippen molar-refractivity contribution in [3.8, 4) is 0 Å². The van der Waals surface area contributed by atoms with Crippen molar-refractivity contribution in [2.45, 2.75) is 12.2 Å². The third-order valence-electron chi connectivity index (χ3n) is 2.31. The van der Waals surface area contributed by atoms with Gasteiger partial charge >= 0.3 is 0 Å². The molecule has 2 nitrogen and oxygen atoms in total. The Morgan fingerprint density at radius 1 is 1.42 bits per heavy atom. The minimum atomic E-state index is -3.00. The summed E-state index contributed by atoms with van der Waals surface area (Å²) in [7, 11) is -3.00. The molecule has 2 unspecified atom stereocenters. The van der Waals surface area contributed by atoms with Gasteiger partial charge in [0.2, 0.25) is 0 Å². The van der Waals surface area contributed by atoms with Crippen molar-refractivity contribution in [2.75, 3.05) is 0 Å². The molecule has 1 heterocycles. The Morgan fingerprint density at radius 3 is 2.83 bits per heavy atom. The van der Waals surface area contributed by atoms with Gasteiger partial charge in [0.1, 0.15) is 0 Å². The molecule has 0 fully saturated rings. The summed E-state index contributed by atoms with van der Waals surface area (Å²) in [6.45, 7) is 1.93. The van der Waals surface area contributed by atoms with Crippen LogP contribution in [0.2, 0.25) is 0 Å². The highest BCUT2D eigenvalue weighted by Crippen LogP contribution is 2.32. The molecule has 64 valence electrons. The first-order valence-electron chi connectivity index (χ1n) is 3.91. The average molecular weight is 182 g/mol. The van der Waals surface area contributed by atoms with E-state index in [9.17, 15) is 8.42 Å². The van der Waals surface area contributed by atoms with E-state index < -0.39 is 9.84 Å². The van der Waals surface area contributed by atoms with Crippen LogP contribution in [0.1, 0.15) is 6.92 Å². The van der Waals surface area contributed by atoms with Crippen molar-refractivity contribution >= 4 is 9.84 Å². The molecule has 2 aliphatic rings. The van der Waals surface area contributed by atoms with Crippen LogP contribution in [0, 0.1) is 5.92 Å². The molecule has 0 aromatic carbocycles. The maximum absolute atomic E-state index is 11.4. The summed E-state index contributed by atoms with van der Waals surface area (Å²) in [6.07, 6.45) is 7.41. The number of hydrogen-bond acceptors (Lipinski definition) is 2. The number of sulfone groups is 1. The predicted molar refractivity (Wildman–Crippen MR) is 48.2 cm³/mol. The molecule has 0 saturated heterocycles. The second-order valence-corrected chi connectivity index (χ2v) is 5.18. The van der Waals surface area contributed by atoms with Gasteiger partial charge in [0.15, 0.2) is 9.84 Å². The molecule has 0 amide bonds. The third-order valence-corrected chi connectivity index (χ3v) is 4.24. The van der Waals surface area contributed by atoms with E-state index in [2.05, 4.69) is 0 Å². The molecule has 0 aromatic heterocycles. The Kier molecular flexibility index (Phi) is 1.51. The number of fused-ring (bicyclic) bond motifs is 1. The highest BCUT2D eigenvalue weighted by atomic mass is 32.2. The zero-order valence-corrected chi connectivity index (χ0v) is 7.58. The molecule has 0 saturated carbocycles. The van der Waals surface area contributed by atoms with E-state index in [-0.39, 0.29) is 11.2 Å². The Hall–Kier alpha value is -0.830. The van der Waals surface area contributed by atoms with Crippen molar-refractivity contribution in [1.29, 1.82) is 0 Å². The van der Waals surface area contributed by atoms with Crippen LogP contribution in [-0.2, 0) is 9.84 Å². The maximum Gasteiger partial charge on any atom is 0.179 e. The zero-order valence-electron chi connectivity index (χ0n) is 6.77. The Morgan fingerprint density at radius 2 is 2.17 bits per heavy atom. The molecule has 1 aliphatic heterocycles. The van der Waals surface area contributed by atoms with Crippen LogP contribution in [0.3, 0.4) is 0 Å². The maximum atomic E-state index is 11.4. The van der Waals surface area contributed by atoms with Gasteiger partial charge in [-0.05, 0) is 17.6 Å². The van der Waals surface area contributed by atoms with Gasteiger partial charge in [-0.2, -0.15) is 0 Å². The summed E-state index contributed by atoms with van der Waals surface area (Å²) in [4.78, 5) is 0. The van der Waals surface area contributed by atoms with E-state index in [0.29, 0.717) is 0 Å². The summed E-state index contributed by atoms with van der Waals surface area (Å²) < 4.78 is 22.9. The lowest BCUT2D eigenvalue weighted by atomic mass is 9.96. The highest BCUT2D eigenvalue weighted by Gasteiger charge is 2.35. The molecule has 2 atom stereocenters. The molecular weight excluding hydrogens is 172 g/mol. The first-order chi connectivity index (χ1) is 5.61. The van der Waals surface area contributed by atoms with Gasteiger partial charge < -0.3 is 0 Å². The summed E-state index contributed by atoms with van der Waals surface area (Å²) >= 11 is 0. The van der Waals surface area contributed by atoms with E-state index >= 15 is 0 Å². The number of rotatable bonds is 0. The second-order valence-electron chi connectivity index (χ2n) is 3.22. The molecule has 2 rings (SSSR count). The Bertz CT molecular complexity index is 385. The van der Waals surface area contributed by atoms with Crippen LogP contribution in [0.4, 0.5) is 0 Å². The fraction of sp³-hybridized carbons (Fsp3) is 0.333. The zero-order chi connectivity index (χ0) is 8.77. The smallest absolute Gasteiger partial charge is 0.179 e. The molecular formula is C9H10O2S.